The molecule has 0 atom stereocenters. The molecule has 0 spiro atoms. The predicted octanol–water partition coefficient (Wildman–Crippen LogP) is 0.0114. The summed E-state index contributed by atoms with van der Waals surface area (Å²) in [6.45, 7) is 3.31. The monoisotopic (exact) mass is 298 g/mol. The van der Waals surface area contributed by atoms with E-state index in [1.165, 1.54) is 6.08 Å². The average Bonchev–Trinajstić information content (AvgIpc) is 1.75. The summed E-state index contributed by atoms with van der Waals surface area (Å²) in [6, 6.07) is 0. The van der Waals surface area contributed by atoms with Crippen molar-refractivity contribution >= 4 is 20.3 Å². The Labute approximate surface area is 94.1 Å². The van der Waals surface area contributed by atoms with Gasteiger partial charge in [-0.1, -0.05) is 12.7 Å². The molecule has 0 saturated carbocycles. The molecule has 0 heterocycles. The number of halogens is 6. The zero-order chi connectivity index (χ0) is 12.1. The van der Waals surface area contributed by atoms with Gasteiger partial charge in [0.15, 0.2) is 0 Å². The Morgan fingerprint density at radius 3 is 1.60 bits per heavy atom. The van der Waals surface area contributed by atoms with Gasteiger partial charge in [-0.05, 0) is 0 Å². The summed E-state index contributed by atoms with van der Waals surface area (Å²) < 4.78 is 63.4. The second kappa shape index (κ2) is 5.19. The van der Waals surface area contributed by atoms with Crippen LogP contribution in [0.25, 0.3) is 0 Å². The topological polar surface area (TPSA) is 46.5 Å². The molecule has 0 amide bonds. The first-order chi connectivity index (χ1) is 5.72. The summed E-state index contributed by atoms with van der Waals surface area (Å²) in [5.41, 5.74) is 0. The van der Waals surface area contributed by atoms with Gasteiger partial charge in [-0.15, -0.1) is 0 Å². The normalized spacial score (nSPS) is 14.3. The van der Waals surface area contributed by atoms with E-state index in [2.05, 4.69) is 11.3 Å². The summed E-state index contributed by atoms with van der Waals surface area (Å²) in [4.78, 5) is 9.49. The third kappa shape index (κ3) is 135. The molecule has 88 valence electrons. The largest absolute Gasteiger partial charge is 1.00 e. The molecular weight excluding hydrogens is 292 g/mol. The first kappa shape index (κ1) is 20.2. The van der Waals surface area contributed by atoms with Crippen molar-refractivity contribution in [3.05, 3.63) is 12.7 Å². The van der Waals surface area contributed by atoms with Gasteiger partial charge >= 0.3 is 60.0 Å². The van der Waals surface area contributed by atoms with E-state index in [0.29, 0.717) is 0 Å². The molecule has 0 bridgehead atoms. The quantitative estimate of drug-likeness (QED) is 0.338. The number of hydrogen-bond acceptors (Lipinski definition) is 2. The zero-order valence-corrected chi connectivity index (χ0v) is 9.35. The standard InChI is InChI=1S/C4H6O3.AsF6.Li/c1-2-3-7-4(5)6;2-1(3,4,5,6)7;/h2H,1,3H2,(H,5,6);;/q;-1;+1. The Morgan fingerprint density at radius 1 is 1.27 bits per heavy atom. The van der Waals surface area contributed by atoms with Gasteiger partial charge < -0.3 is 9.84 Å². The van der Waals surface area contributed by atoms with Crippen LogP contribution in [0.3, 0.4) is 0 Å². The Kier molecular flexibility index (Phi) is 6.99. The van der Waals surface area contributed by atoms with Gasteiger partial charge in [0.25, 0.3) is 0 Å². The molecule has 0 saturated heterocycles. The van der Waals surface area contributed by atoms with Gasteiger partial charge in [-0.2, -0.15) is 0 Å². The molecule has 0 aromatic carbocycles. The molecule has 1 N–H and O–H groups in total. The van der Waals surface area contributed by atoms with E-state index in [1.807, 2.05) is 0 Å². The van der Waals surface area contributed by atoms with Crippen LogP contribution in [0, 0.1) is 0 Å². The third-order valence-electron chi connectivity index (χ3n) is 0.325. The van der Waals surface area contributed by atoms with Gasteiger partial charge in [0, 0.05) is 0 Å². The second-order valence-corrected chi connectivity index (χ2v) is 5.85. The van der Waals surface area contributed by atoms with Crippen molar-refractivity contribution in [2.45, 2.75) is 0 Å². The number of hydrogen-bond donors (Lipinski definition) is 1. The van der Waals surface area contributed by atoms with Crippen molar-refractivity contribution in [1.82, 2.24) is 0 Å². The van der Waals surface area contributed by atoms with Crippen LogP contribution in [0.5, 0.6) is 0 Å². The molecule has 0 aliphatic carbocycles. The van der Waals surface area contributed by atoms with Crippen molar-refractivity contribution in [2.75, 3.05) is 6.61 Å². The second-order valence-electron chi connectivity index (χ2n) is 1.82. The maximum atomic E-state index is 9.91. The summed E-state index contributed by atoms with van der Waals surface area (Å²) in [5, 5.41) is 7.77. The Morgan fingerprint density at radius 2 is 1.53 bits per heavy atom. The van der Waals surface area contributed by atoms with Crippen LogP contribution in [0.2, 0.25) is 0 Å². The van der Waals surface area contributed by atoms with Gasteiger partial charge in [0.05, 0.1) is 0 Å². The Balaban J connectivity index is -0.000000180. The van der Waals surface area contributed by atoms with Crippen LogP contribution in [0.4, 0.5) is 25.6 Å². The zero-order valence-electron chi connectivity index (χ0n) is 7.47. The SMILES string of the molecule is C=CCOC(=O)O.F[As-](F)(F)(F)(F)F.[Li+]. The van der Waals surface area contributed by atoms with Gasteiger partial charge in [-0.3, -0.25) is 0 Å². The molecule has 15 heavy (non-hydrogen) atoms. The Hall–Kier alpha value is -0.254. The molecule has 3 nitrogen and oxygen atoms in total. The minimum absolute atomic E-state index is 0. The van der Waals surface area contributed by atoms with Crippen LogP contribution >= 0.6 is 0 Å². The summed E-state index contributed by atoms with van der Waals surface area (Å²) in [6.07, 6.45) is 0.105. The van der Waals surface area contributed by atoms with E-state index in [4.69, 9.17) is 5.11 Å². The van der Waals surface area contributed by atoms with E-state index in [0.717, 1.165) is 0 Å². The van der Waals surface area contributed by atoms with Crippen molar-refractivity contribution < 1.29 is 54.3 Å². The fourth-order valence-corrected chi connectivity index (χ4v) is 0.130. The number of rotatable bonds is 2. The van der Waals surface area contributed by atoms with Crippen molar-refractivity contribution in [2.24, 2.45) is 0 Å². The van der Waals surface area contributed by atoms with Crippen LogP contribution in [-0.2, 0) is 4.74 Å². The molecular formula is C4H6AsF6LiO3. The maximum Gasteiger partial charge on any atom is 1.00 e. The van der Waals surface area contributed by atoms with Crippen molar-refractivity contribution in [3.63, 3.8) is 0 Å². The average molecular weight is 298 g/mol. The minimum Gasteiger partial charge on any atom is 1.00 e. The van der Waals surface area contributed by atoms with Crippen LogP contribution in [-0.4, -0.2) is 32.0 Å². The molecule has 11 heteroatoms. The molecule has 0 aromatic rings. The maximum absolute atomic E-state index is 11.1. The van der Waals surface area contributed by atoms with Gasteiger partial charge in [-0.25, -0.2) is 4.79 Å². The molecule has 0 aliphatic heterocycles. The molecule has 0 radical (unpaired) electrons. The fraction of sp³-hybridized carbons (Fsp3) is 0.250. The van der Waals surface area contributed by atoms with Crippen LogP contribution in [0.1, 0.15) is 0 Å². The van der Waals surface area contributed by atoms with E-state index >= 15 is 0 Å². The minimum atomic E-state index is -11.1. The van der Waals surface area contributed by atoms with E-state index in [9.17, 15) is 25.6 Å². The first-order valence-electron chi connectivity index (χ1n) is 2.75. The number of carbonyl (C=O) groups is 1. The third-order valence-corrected chi connectivity index (χ3v) is 0.325. The molecule has 0 rings (SSSR count). The summed E-state index contributed by atoms with van der Waals surface area (Å²) in [7, 11) is 0. The van der Waals surface area contributed by atoms with E-state index < -0.39 is 20.3 Å². The van der Waals surface area contributed by atoms with Gasteiger partial charge in [0.2, 0.25) is 0 Å². The van der Waals surface area contributed by atoms with Crippen molar-refractivity contribution in [1.29, 1.82) is 0 Å². The summed E-state index contributed by atoms with van der Waals surface area (Å²) >= 11 is -11.1. The Bertz CT molecular complexity index is 210. The van der Waals surface area contributed by atoms with Crippen LogP contribution < -0.4 is 18.9 Å². The fourth-order valence-electron chi connectivity index (χ4n) is 0.130. The molecule has 0 fully saturated rings. The van der Waals surface area contributed by atoms with E-state index in [-0.39, 0.29) is 25.5 Å². The number of carboxylic acid groups (broad SMARTS) is 1. The van der Waals surface area contributed by atoms with Crippen molar-refractivity contribution in [3.8, 4) is 0 Å². The first-order valence-corrected chi connectivity index (χ1v) is 7.01. The van der Waals surface area contributed by atoms with Crippen LogP contribution in [0.15, 0.2) is 12.7 Å². The molecule has 0 aromatic heterocycles. The number of ether oxygens (including phenoxy) is 1. The summed E-state index contributed by atoms with van der Waals surface area (Å²) in [5.74, 6) is 0. The molecule has 0 aliphatic rings. The molecule has 0 unspecified atom stereocenters. The predicted molar refractivity (Wildman–Crippen MR) is 36.6 cm³/mol. The van der Waals surface area contributed by atoms with E-state index in [1.54, 1.807) is 0 Å². The smallest absolute Gasteiger partial charge is 1.00 e. The van der Waals surface area contributed by atoms with Gasteiger partial charge in [0.1, 0.15) is 6.61 Å².